The Morgan fingerprint density at radius 3 is 2.36 bits per heavy atom. The minimum Gasteiger partial charge on any atom is -0.493 e. The minimum absolute atomic E-state index is 0.404. The van der Waals surface area contributed by atoms with E-state index in [1.807, 2.05) is 24.3 Å². The zero-order chi connectivity index (χ0) is 18.1. The van der Waals surface area contributed by atoms with E-state index >= 15 is 0 Å². The lowest BCUT2D eigenvalue weighted by Gasteiger charge is -2.17. The molecule has 2 aromatic rings. The predicted octanol–water partition coefficient (Wildman–Crippen LogP) is 3.17. The fraction of sp³-hybridized carbons (Fsp3) is 0.350. The molecule has 0 spiro atoms. The van der Waals surface area contributed by atoms with Gasteiger partial charge in [-0.3, -0.25) is 4.99 Å². The Bertz CT molecular complexity index is 687. The molecule has 0 amide bonds. The first-order valence-electron chi connectivity index (χ1n) is 8.38. The summed E-state index contributed by atoms with van der Waals surface area (Å²) in [6.45, 7) is 3.67. The summed E-state index contributed by atoms with van der Waals surface area (Å²) >= 11 is 0. The number of rotatable bonds is 7. The molecular weight excluding hydrogens is 314 g/mol. The van der Waals surface area contributed by atoms with Crippen LogP contribution in [-0.4, -0.2) is 33.8 Å². The van der Waals surface area contributed by atoms with Crippen molar-refractivity contribution in [3.8, 4) is 11.5 Å². The molecule has 0 aromatic heterocycles. The van der Waals surface area contributed by atoms with Crippen LogP contribution < -0.4 is 20.1 Å². The van der Waals surface area contributed by atoms with Gasteiger partial charge in [-0.15, -0.1) is 0 Å². The maximum Gasteiger partial charge on any atom is 0.191 e. The van der Waals surface area contributed by atoms with Crippen molar-refractivity contribution in [3.63, 3.8) is 0 Å². The first-order valence-corrected chi connectivity index (χ1v) is 8.38. The van der Waals surface area contributed by atoms with E-state index in [1.165, 1.54) is 5.56 Å². The van der Waals surface area contributed by atoms with Gasteiger partial charge in [0.25, 0.3) is 0 Å². The van der Waals surface area contributed by atoms with Gasteiger partial charge >= 0.3 is 0 Å². The van der Waals surface area contributed by atoms with Crippen molar-refractivity contribution in [2.45, 2.75) is 19.4 Å². The molecule has 0 saturated heterocycles. The highest BCUT2D eigenvalue weighted by Crippen LogP contribution is 2.27. The number of aliphatic imine (C=N–C) groups is 1. The van der Waals surface area contributed by atoms with Crippen molar-refractivity contribution in [1.82, 2.24) is 10.6 Å². The summed E-state index contributed by atoms with van der Waals surface area (Å²) in [7, 11) is 5.05. The SMILES string of the molecule is CN=C(NCc1ccc(OC)c(OC)c1)NCC(C)c1ccccc1. The highest BCUT2D eigenvalue weighted by Gasteiger charge is 2.07. The largest absolute Gasteiger partial charge is 0.493 e. The molecule has 2 aromatic carbocycles. The molecule has 0 aliphatic rings. The molecule has 1 atom stereocenters. The van der Waals surface area contributed by atoms with Gasteiger partial charge in [0, 0.05) is 20.1 Å². The summed E-state index contributed by atoms with van der Waals surface area (Å²) in [5, 5.41) is 6.70. The van der Waals surface area contributed by atoms with Crippen LogP contribution in [0.5, 0.6) is 11.5 Å². The quantitative estimate of drug-likeness (QED) is 0.600. The van der Waals surface area contributed by atoms with E-state index in [9.17, 15) is 0 Å². The Hall–Kier alpha value is -2.69. The fourth-order valence-electron chi connectivity index (χ4n) is 2.55. The maximum absolute atomic E-state index is 5.34. The standard InChI is InChI=1S/C20H27N3O2/c1-15(17-8-6-5-7-9-17)13-22-20(21-2)23-14-16-10-11-18(24-3)19(12-16)25-4/h5-12,15H,13-14H2,1-4H3,(H2,21,22,23). The highest BCUT2D eigenvalue weighted by molar-refractivity contribution is 5.79. The normalized spacial score (nSPS) is 12.4. The number of ether oxygens (including phenoxy) is 2. The van der Waals surface area contributed by atoms with E-state index in [0.717, 1.165) is 29.6 Å². The molecular formula is C20H27N3O2. The van der Waals surface area contributed by atoms with Crippen LogP contribution in [0.25, 0.3) is 0 Å². The molecule has 0 bridgehead atoms. The molecule has 5 heteroatoms. The lowest BCUT2D eigenvalue weighted by Crippen LogP contribution is -2.38. The molecule has 5 nitrogen and oxygen atoms in total. The van der Waals surface area contributed by atoms with Crippen molar-refractivity contribution in [2.75, 3.05) is 27.8 Å². The predicted molar refractivity (Wildman–Crippen MR) is 103 cm³/mol. The second kappa shape index (κ2) is 9.57. The number of hydrogen-bond donors (Lipinski definition) is 2. The Balaban J connectivity index is 1.88. The van der Waals surface area contributed by atoms with E-state index in [2.05, 4.69) is 46.8 Å². The van der Waals surface area contributed by atoms with Gasteiger partial charge in [0.05, 0.1) is 14.2 Å². The molecule has 2 rings (SSSR count). The van der Waals surface area contributed by atoms with Crippen molar-refractivity contribution in [3.05, 3.63) is 59.7 Å². The molecule has 0 fully saturated rings. The van der Waals surface area contributed by atoms with E-state index in [0.29, 0.717) is 12.5 Å². The molecule has 0 saturated carbocycles. The Kier molecular flexibility index (Phi) is 7.14. The number of nitrogens with zero attached hydrogens (tertiary/aromatic N) is 1. The summed E-state index contributed by atoms with van der Waals surface area (Å²) in [4.78, 5) is 4.28. The molecule has 25 heavy (non-hydrogen) atoms. The number of benzene rings is 2. The maximum atomic E-state index is 5.34. The van der Waals surface area contributed by atoms with Gasteiger partial charge in [0.2, 0.25) is 0 Å². The summed E-state index contributed by atoms with van der Waals surface area (Å²) in [5.74, 6) is 2.63. The summed E-state index contributed by atoms with van der Waals surface area (Å²) in [6, 6.07) is 16.3. The number of guanidine groups is 1. The minimum atomic E-state index is 0.404. The van der Waals surface area contributed by atoms with Crippen molar-refractivity contribution in [2.24, 2.45) is 4.99 Å². The monoisotopic (exact) mass is 341 g/mol. The molecule has 134 valence electrons. The molecule has 1 unspecified atom stereocenters. The van der Waals surface area contributed by atoms with Gasteiger partial charge in [0.1, 0.15) is 0 Å². The lowest BCUT2D eigenvalue weighted by atomic mass is 10.0. The van der Waals surface area contributed by atoms with Crippen LogP contribution in [0.15, 0.2) is 53.5 Å². The van der Waals surface area contributed by atoms with Crippen LogP contribution in [0.3, 0.4) is 0 Å². The molecule has 0 aliphatic carbocycles. The first-order chi connectivity index (χ1) is 12.2. The summed E-state index contributed by atoms with van der Waals surface area (Å²) in [6.07, 6.45) is 0. The van der Waals surface area contributed by atoms with Gasteiger partial charge in [0.15, 0.2) is 17.5 Å². The van der Waals surface area contributed by atoms with Gasteiger partial charge < -0.3 is 20.1 Å². The van der Waals surface area contributed by atoms with Gasteiger partial charge in [-0.1, -0.05) is 43.3 Å². The number of methoxy groups -OCH3 is 2. The summed E-state index contributed by atoms with van der Waals surface area (Å²) in [5.41, 5.74) is 2.40. The van der Waals surface area contributed by atoms with E-state index < -0.39 is 0 Å². The fourth-order valence-corrected chi connectivity index (χ4v) is 2.55. The van der Waals surface area contributed by atoms with Crippen LogP contribution in [0.1, 0.15) is 24.0 Å². The first kappa shape index (κ1) is 18.6. The van der Waals surface area contributed by atoms with Crippen LogP contribution in [0.2, 0.25) is 0 Å². The van der Waals surface area contributed by atoms with E-state index in [1.54, 1.807) is 21.3 Å². The Morgan fingerprint density at radius 1 is 1.00 bits per heavy atom. The van der Waals surface area contributed by atoms with E-state index in [4.69, 9.17) is 9.47 Å². The number of nitrogens with one attached hydrogen (secondary N) is 2. The topological polar surface area (TPSA) is 54.9 Å². The number of hydrogen-bond acceptors (Lipinski definition) is 3. The summed E-state index contributed by atoms with van der Waals surface area (Å²) < 4.78 is 10.6. The molecule has 2 N–H and O–H groups in total. The third-order valence-electron chi connectivity index (χ3n) is 4.08. The average molecular weight is 341 g/mol. The van der Waals surface area contributed by atoms with Crippen LogP contribution in [-0.2, 0) is 6.54 Å². The molecule has 0 aliphatic heterocycles. The van der Waals surface area contributed by atoms with Crippen molar-refractivity contribution >= 4 is 5.96 Å². The third-order valence-corrected chi connectivity index (χ3v) is 4.08. The second-order valence-electron chi connectivity index (χ2n) is 5.81. The third kappa shape index (κ3) is 5.41. The molecule has 0 heterocycles. The smallest absolute Gasteiger partial charge is 0.191 e. The van der Waals surface area contributed by atoms with Crippen LogP contribution in [0, 0.1) is 0 Å². The van der Waals surface area contributed by atoms with Crippen LogP contribution in [0.4, 0.5) is 0 Å². The van der Waals surface area contributed by atoms with E-state index in [-0.39, 0.29) is 0 Å². The van der Waals surface area contributed by atoms with Crippen molar-refractivity contribution in [1.29, 1.82) is 0 Å². The Labute approximate surface area is 150 Å². The van der Waals surface area contributed by atoms with Gasteiger partial charge in [-0.25, -0.2) is 0 Å². The lowest BCUT2D eigenvalue weighted by molar-refractivity contribution is 0.354. The molecule has 0 radical (unpaired) electrons. The zero-order valence-electron chi connectivity index (χ0n) is 15.4. The second-order valence-corrected chi connectivity index (χ2v) is 5.81. The van der Waals surface area contributed by atoms with Gasteiger partial charge in [-0.05, 0) is 29.2 Å². The Morgan fingerprint density at radius 2 is 1.72 bits per heavy atom. The highest BCUT2D eigenvalue weighted by atomic mass is 16.5. The van der Waals surface area contributed by atoms with Gasteiger partial charge in [-0.2, -0.15) is 0 Å². The van der Waals surface area contributed by atoms with Crippen molar-refractivity contribution < 1.29 is 9.47 Å². The average Bonchev–Trinajstić information content (AvgIpc) is 2.68. The van der Waals surface area contributed by atoms with Crippen LogP contribution >= 0.6 is 0 Å². The zero-order valence-corrected chi connectivity index (χ0v) is 15.4.